The summed E-state index contributed by atoms with van der Waals surface area (Å²) in [5.74, 6) is 1.27. The number of ether oxygens (including phenoxy) is 2. The highest BCUT2D eigenvalue weighted by atomic mass is 35.5. The van der Waals surface area contributed by atoms with Gasteiger partial charge in [0.25, 0.3) is 0 Å². The molecule has 0 aromatic carbocycles. The molecule has 9 nitrogen and oxygen atoms in total. The molecule has 1 aliphatic heterocycles. The number of hydrogen-bond acceptors (Lipinski definition) is 8. The molecule has 0 unspecified atom stereocenters. The smallest absolute Gasteiger partial charge is 0.417 e. The van der Waals surface area contributed by atoms with Crippen molar-refractivity contribution < 1.29 is 14.3 Å². The molecule has 2 atom stereocenters. The molecule has 10 heteroatoms. The monoisotopic (exact) mass is 378 g/mol. The zero-order valence-corrected chi connectivity index (χ0v) is 15.3. The lowest BCUT2D eigenvalue weighted by Gasteiger charge is -2.22. The molecule has 0 spiro atoms. The van der Waals surface area contributed by atoms with Gasteiger partial charge in [0.2, 0.25) is 5.95 Å². The second kappa shape index (κ2) is 7.79. The topological polar surface area (TPSA) is 102 Å². The van der Waals surface area contributed by atoms with Crippen LogP contribution in [0.4, 0.5) is 16.6 Å². The van der Waals surface area contributed by atoms with Crippen molar-refractivity contribution in [3.63, 3.8) is 0 Å². The van der Waals surface area contributed by atoms with Crippen molar-refractivity contribution in [3.8, 4) is 0 Å². The zero-order valence-electron chi connectivity index (χ0n) is 14.6. The lowest BCUT2D eigenvalue weighted by Crippen LogP contribution is -2.37. The Kier molecular flexibility index (Phi) is 5.48. The van der Waals surface area contributed by atoms with Crippen LogP contribution < -0.4 is 10.2 Å². The maximum Gasteiger partial charge on any atom is 0.417 e. The summed E-state index contributed by atoms with van der Waals surface area (Å²) in [5.41, 5.74) is 0. The number of halogens is 1. The van der Waals surface area contributed by atoms with E-state index in [2.05, 4.69) is 25.3 Å². The normalized spacial score (nSPS) is 18.1. The van der Waals surface area contributed by atoms with Gasteiger partial charge < -0.3 is 14.8 Å². The van der Waals surface area contributed by atoms with Crippen LogP contribution in [0.15, 0.2) is 24.7 Å². The first-order chi connectivity index (χ1) is 12.4. The number of nitrogens with one attached hydrogen (secondary N) is 1. The van der Waals surface area contributed by atoms with E-state index in [1.54, 1.807) is 12.3 Å². The van der Waals surface area contributed by atoms with E-state index in [1.807, 2.05) is 20.8 Å². The number of carbonyl (C=O) groups excluding carboxylic acids is 1. The lowest BCUT2D eigenvalue weighted by molar-refractivity contribution is 0.00449. The van der Waals surface area contributed by atoms with E-state index in [0.29, 0.717) is 22.6 Å². The first-order valence-electron chi connectivity index (χ1n) is 8.12. The van der Waals surface area contributed by atoms with Crippen molar-refractivity contribution in [3.05, 3.63) is 35.5 Å². The van der Waals surface area contributed by atoms with Crippen LogP contribution in [-0.4, -0.2) is 45.0 Å². The van der Waals surface area contributed by atoms with Crippen molar-refractivity contribution in [1.29, 1.82) is 0 Å². The third-order valence-corrected chi connectivity index (χ3v) is 3.72. The van der Waals surface area contributed by atoms with Gasteiger partial charge in [-0.15, -0.1) is 0 Å². The molecule has 0 radical (unpaired) electrons. The molecule has 3 rings (SSSR count). The predicted octanol–water partition coefficient (Wildman–Crippen LogP) is 2.80. The molecular formula is C16H19ClN6O3. The molecule has 26 heavy (non-hydrogen) atoms. The molecule has 1 saturated heterocycles. The van der Waals surface area contributed by atoms with E-state index in [-0.39, 0.29) is 18.8 Å². The fourth-order valence-electron chi connectivity index (χ4n) is 2.42. The summed E-state index contributed by atoms with van der Waals surface area (Å²) in [7, 11) is 0. The molecule has 138 valence electrons. The van der Waals surface area contributed by atoms with Gasteiger partial charge in [-0.05, 0) is 26.8 Å². The standard InChI is InChI=1S/C16H19ClN6O3/c1-9(2)26-13-8-25-16(24)23(13)12-4-5-18-15(22-12)21-10(3)14-19-6-11(17)7-20-14/h4-7,9-10,13H,8H2,1-3H3,(H,18,21,22)/t10-,13-/m0/s1. The molecule has 2 aromatic heterocycles. The lowest BCUT2D eigenvalue weighted by atomic mass is 10.3. The molecule has 0 bridgehead atoms. The summed E-state index contributed by atoms with van der Waals surface area (Å²) in [6.45, 7) is 5.80. The van der Waals surface area contributed by atoms with E-state index in [1.165, 1.54) is 17.3 Å². The summed E-state index contributed by atoms with van der Waals surface area (Å²) >= 11 is 5.80. The Morgan fingerprint density at radius 3 is 2.73 bits per heavy atom. The van der Waals surface area contributed by atoms with E-state index in [4.69, 9.17) is 21.1 Å². The van der Waals surface area contributed by atoms with Crippen LogP contribution in [0.5, 0.6) is 0 Å². The third-order valence-electron chi connectivity index (χ3n) is 3.52. The van der Waals surface area contributed by atoms with E-state index in [0.717, 1.165) is 0 Å². The van der Waals surface area contributed by atoms with Crippen LogP contribution in [0.2, 0.25) is 5.02 Å². The van der Waals surface area contributed by atoms with E-state index < -0.39 is 12.3 Å². The number of carbonyl (C=O) groups is 1. The molecule has 1 N–H and O–H groups in total. The molecule has 0 aliphatic carbocycles. The first-order valence-corrected chi connectivity index (χ1v) is 8.50. The molecule has 3 heterocycles. The van der Waals surface area contributed by atoms with Gasteiger partial charge >= 0.3 is 6.09 Å². The average molecular weight is 379 g/mol. The molecular weight excluding hydrogens is 360 g/mol. The molecule has 1 fully saturated rings. The van der Waals surface area contributed by atoms with Crippen molar-refractivity contribution in [2.45, 2.75) is 39.1 Å². The largest absolute Gasteiger partial charge is 0.444 e. The van der Waals surface area contributed by atoms with Crippen molar-refractivity contribution in [1.82, 2.24) is 19.9 Å². The first kappa shape index (κ1) is 18.3. The molecule has 2 aromatic rings. The van der Waals surface area contributed by atoms with Crippen molar-refractivity contribution >= 4 is 29.5 Å². The highest BCUT2D eigenvalue weighted by Gasteiger charge is 2.36. The van der Waals surface area contributed by atoms with E-state index in [9.17, 15) is 4.79 Å². The summed E-state index contributed by atoms with van der Waals surface area (Å²) in [6, 6.07) is 1.37. The average Bonchev–Trinajstić information content (AvgIpc) is 2.95. The Bertz CT molecular complexity index is 773. The Balaban J connectivity index is 1.77. The van der Waals surface area contributed by atoms with Gasteiger partial charge in [0.05, 0.1) is 17.2 Å². The summed E-state index contributed by atoms with van der Waals surface area (Å²) in [6.07, 6.45) is 3.51. The fourth-order valence-corrected chi connectivity index (χ4v) is 2.51. The maximum atomic E-state index is 12.1. The second-order valence-corrected chi connectivity index (χ2v) is 6.39. The number of amides is 1. The van der Waals surface area contributed by atoms with Gasteiger partial charge in [0.1, 0.15) is 18.2 Å². The minimum absolute atomic E-state index is 0.0569. The van der Waals surface area contributed by atoms with Crippen LogP contribution >= 0.6 is 11.6 Å². The van der Waals surface area contributed by atoms with Gasteiger partial charge in [0.15, 0.2) is 6.23 Å². The number of nitrogens with zero attached hydrogens (tertiary/aromatic N) is 5. The fraction of sp³-hybridized carbons (Fsp3) is 0.438. The van der Waals surface area contributed by atoms with Crippen molar-refractivity contribution in [2.24, 2.45) is 0 Å². The van der Waals surface area contributed by atoms with Crippen LogP contribution in [0.25, 0.3) is 0 Å². The van der Waals surface area contributed by atoms with Gasteiger partial charge in [-0.3, -0.25) is 0 Å². The predicted molar refractivity (Wildman–Crippen MR) is 94.9 cm³/mol. The minimum Gasteiger partial charge on any atom is -0.444 e. The second-order valence-electron chi connectivity index (χ2n) is 5.95. The number of hydrogen-bond donors (Lipinski definition) is 1. The van der Waals surface area contributed by atoms with Crippen LogP contribution in [0, 0.1) is 0 Å². The Labute approximate surface area is 155 Å². The summed E-state index contributed by atoms with van der Waals surface area (Å²) in [5, 5.41) is 3.56. The zero-order chi connectivity index (χ0) is 18.7. The van der Waals surface area contributed by atoms with Gasteiger partial charge in [-0.25, -0.2) is 24.6 Å². The molecule has 0 saturated carbocycles. The Morgan fingerprint density at radius 1 is 1.31 bits per heavy atom. The highest BCUT2D eigenvalue weighted by molar-refractivity contribution is 6.30. The number of aromatic nitrogens is 4. The summed E-state index contributed by atoms with van der Waals surface area (Å²) < 4.78 is 10.8. The van der Waals surface area contributed by atoms with Crippen molar-refractivity contribution in [2.75, 3.05) is 16.8 Å². The number of anilines is 2. The SMILES string of the molecule is CC(C)O[C@H]1COC(=O)N1c1ccnc(N[C@@H](C)c2ncc(Cl)cn2)n1. The van der Waals surface area contributed by atoms with Crippen LogP contribution in [-0.2, 0) is 9.47 Å². The number of cyclic esters (lactones) is 1. The molecule has 1 amide bonds. The third kappa shape index (κ3) is 4.17. The Morgan fingerprint density at radius 2 is 2.04 bits per heavy atom. The number of rotatable bonds is 6. The molecule has 1 aliphatic rings. The van der Waals surface area contributed by atoms with Crippen LogP contribution in [0.1, 0.15) is 32.6 Å². The Hall–Kier alpha value is -2.52. The maximum absolute atomic E-state index is 12.1. The minimum atomic E-state index is -0.526. The highest BCUT2D eigenvalue weighted by Crippen LogP contribution is 2.24. The quantitative estimate of drug-likeness (QED) is 0.818. The van der Waals surface area contributed by atoms with Gasteiger partial charge in [-0.2, -0.15) is 4.98 Å². The summed E-state index contributed by atoms with van der Waals surface area (Å²) in [4.78, 5) is 30.3. The van der Waals surface area contributed by atoms with E-state index >= 15 is 0 Å². The van der Waals surface area contributed by atoms with Gasteiger partial charge in [-0.1, -0.05) is 11.6 Å². The van der Waals surface area contributed by atoms with Gasteiger partial charge in [0, 0.05) is 18.6 Å². The van der Waals surface area contributed by atoms with Crippen LogP contribution in [0.3, 0.4) is 0 Å².